The minimum Gasteiger partial charge on any atom is -0.295 e. The van der Waals surface area contributed by atoms with Gasteiger partial charge in [-0.15, -0.1) is 0 Å². The maximum atomic E-state index is 12.4. The Morgan fingerprint density at radius 3 is 2.19 bits per heavy atom. The van der Waals surface area contributed by atoms with E-state index in [1.807, 2.05) is 31.2 Å². The van der Waals surface area contributed by atoms with Gasteiger partial charge in [-0.3, -0.25) is 4.79 Å². The molecule has 0 heterocycles. The lowest BCUT2D eigenvalue weighted by Gasteiger charge is -2.06. The van der Waals surface area contributed by atoms with E-state index in [1.165, 1.54) is 0 Å². The van der Waals surface area contributed by atoms with Crippen molar-refractivity contribution < 1.29 is 9.00 Å². The third-order valence-corrected chi connectivity index (χ3v) is 4.65. The molecule has 1 aromatic rings. The first-order valence-electron chi connectivity index (χ1n) is 7.79. The second kappa shape index (κ2) is 9.67. The van der Waals surface area contributed by atoms with Gasteiger partial charge in [0.25, 0.3) is 0 Å². The molecule has 1 rings (SSSR count). The fourth-order valence-corrected chi connectivity index (χ4v) is 3.05. The van der Waals surface area contributed by atoms with E-state index in [0.717, 1.165) is 48.1 Å². The van der Waals surface area contributed by atoms with Crippen molar-refractivity contribution >= 4 is 16.6 Å². The Labute approximate surface area is 131 Å². The summed E-state index contributed by atoms with van der Waals surface area (Å²) in [6.07, 6.45) is 5.21. The number of aryl methyl sites for hydroxylation is 1. The summed E-state index contributed by atoms with van der Waals surface area (Å²) in [5.74, 6) is 0.158. The quantitative estimate of drug-likeness (QED) is 0.606. The molecule has 0 fully saturated rings. The van der Waals surface area contributed by atoms with Crippen molar-refractivity contribution in [1.29, 1.82) is 0 Å². The Bertz CT molecular complexity index is 500. The van der Waals surface area contributed by atoms with Gasteiger partial charge in [0.2, 0.25) is 0 Å². The molecule has 0 aliphatic carbocycles. The highest BCUT2D eigenvalue weighted by Gasteiger charge is 2.11. The van der Waals surface area contributed by atoms with Crippen LogP contribution in [0.1, 0.15) is 57.9 Å². The molecule has 0 saturated carbocycles. The molecule has 1 aromatic carbocycles. The van der Waals surface area contributed by atoms with Gasteiger partial charge in [-0.1, -0.05) is 44.4 Å². The maximum Gasteiger partial charge on any atom is 0.159 e. The van der Waals surface area contributed by atoms with Gasteiger partial charge < -0.3 is 0 Å². The first-order chi connectivity index (χ1) is 10.1. The molecule has 21 heavy (non-hydrogen) atoms. The normalized spacial score (nSPS) is 13.2. The highest BCUT2D eigenvalue weighted by Crippen LogP contribution is 2.17. The summed E-state index contributed by atoms with van der Waals surface area (Å²) in [5.41, 5.74) is 1.88. The van der Waals surface area contributed by atoms with E-state index in [9.17, 15) is 9.00 Å². The summed E-state index contributed by atoms with van der Waals surface area (Å²) in [6.45, 7) is 6.18. The number of rotatable bonds is 9. The van der Waals surface area contributed by atoms with Gasteiger partial charge >= 0.3 is 0 Å². The van der Waals surface area contributed by atoms with E-state index in [1.54, 1.807) is 5.41 Å². The number of allylic oxidation sites excluding steroid dienone is 1. The van der Waals surface area contributed by atoms with Crippen LogP contribution in [0, 0.1) is 6.92 Å². The number of benzene rings is 1. The first-order valence-corrected chi connectivity index (χ1v) is 9.00. The second-order valence-electron chi connectivity index (χ2n) is 5.38. The summed E-state index contributed by atoms with van der Waals surface area (Å²) in [5, 5.41) is 1.66. The number of unbranched alkanes of at least 4 members (excludes halogenated alkanes) is 2. The first kappa shape index (κ1) is 17.8. The molecule has 0 spiro atoms. The van der Waals surface area contributed by atoms with Crippen LogP contribution in [-0.4, -0.2) is 9.99 Å². The SMILES string of the molecule is CCCCC(=O)/C(=C\[S@@](=O)c1ccc(C)cc1)CCCC. The van der Waals surface area contributed by atoms with Crippen LogP contribution in [0.2, 0.25) is 0 Å². The smallest absolute Gasteiger partial charge is 0.159 e. The van der Waals surface area contributed by atoms with Crippen molar-refractivity contribution in [3.63, 3.8) is 0 Å². The minimum absolute atomic E-state index is 0.158. The molecular formula is C18H26O2S. The molecule has 2 nitrogen and oxygen atoms in total. The second-order valence-corrected chi connectivity index (χ2v) is 6.69. The zero-order valence-electron chi connectivity index (χ0n) is 13.4. The van der Waals surface area contributed by atoms with Crippen LogP contribution in [0.15, 0.2) is 40.1 Å². The Balaban J connectivity index is 2.87. The van der Waals surface area contributed by atoms with Gasteiger partial charge in [0.1, 0.15) is 0 Å². The number of carbonyl (C=O) groups excluding carboxylic acids is 1. The van der Waals surface area contributed by atoms with Crippen LogP contribution < -0.4 is 0 Å². The third kappa shape index (κ3) is 6.38. The topological polar surface area (TPSA) is 34.1 Å². The lowest BCUT2D eigenvalue weighted by Crippen LogP contribution is -2.04. The predicted octanol–water partition coefficient (Wildman–Crippen LogP) is 4.94. The van der Waals surface area contributed by atoms with Crippen LogP contribution in [0.25, 0.3) is 0 Å². The van der Waals surface area contributed by atoms with Crippen LogP contribution in [-0.2, 0) is 15.6 Å². The number of hydrogen-bond acceptors (Lipinski definition) is 2. The summed E-state index contributed by atoms with van der Waals surface area (Å²) in [7, 11) is -1.23. The molecular weight excluding hydrogens is 280 g/mol. The van der Waals surface area contributed by atoms with E-state index >= 15 is 0 Å². The van der Waals surface area contributed by atoms with E-state index in [4.69, 9.17) is 0 Å². The van der Waals surface area contributed by atoms with E-state index < -0.39 is 10.8 Å². The van der Waals surface area contributed by atoms with Crippen molar-refractivity contribution in [2.75, 3.05) is 0 Å². The Hall–Kier alpha value is -1.22. The average molecular weight is 306 g/mol. The summed E-state index contributed by atoms with van der Waals surface area (Å²) < 4.78 is 12.4. The fraction of sp³-hybridized carbons (Fsp3) is 0.500. The monoisotopic (exact) mass is 306 g/mol. The fourth-order valence-electron chi connectivity index (χ4n) is 2.00. The molecule has 0 aromatic heterocycles. The number of hydrogen-bond donors (Lipinski definition) is 0. The average Bonchev–Trinajstić information content (AvgIpc) is 2.49. The summed E-state index contributed by atoms with van der Waals surface area (Å²) in [4.78, 5) is 13.0. The van der Waals surface area contributed by atoms with Gasteiger partial charge in [-0.25, -0.2) is 4.21 Å². The zero-order chi connectivity index (χ0) is 15.7. The molecule has 0 saturated heterocycles. The van der Waals surface area contributed by atoms with Crippen molar-refractivity contribution in [3.8, 4) is 0 Å². The number of ketones is 1. The molecule has 0 N–H and O–H groups in total. The molecule has 0 bridgehead atoms. The van der Waals surface area contributed by atoms with E-state index in [2.05, 4.69) is 13.8 Å². The van der Waals surface area contributed by atoms with Gasteiger partial charge in [0.15, 0.2) is 5.78 Å². The minimum atomic E-state index is -1.23. The Morgan fingerprint density at radius 2 is 1.62 bits per heavy atom. The highest BCUT2D eigenvalue weighted by molar-refractivity contribution is 7.88. The van der Waals surface area contributed by atoms with E-state index in [-0.39, 0.29) is 5.78 Å². The largest absolute Gasteiger partial charge is 0.295 e. The van der Waals surface area contributed by atoms with Gasteiger partial charge in [-0.05, 0) is 38.3 Å². The molecule has 0 aliphatic rings. The van der Waals surface area contributed by atoms with Gasteiger partial charge in [0.05, 0.1) is 10.8 Å². The molecule has 0 aliphatic heterocycles. The number of carbonyl (C=O) groups is 1. The molecule has 3 heteroatoms. The lowest BCUT2D eigenvalue weighted by molar-refractivity contribution is -0.115. The summed E-state index contributed by atoms with van der Waals surface area (Å²) in [6, 6.07) is 7.64. The molecule has 0 unspecified atom stereocenters. The van der Waals surface area contributed by atoms with Gasteiger partial charge in [0, 0.05) is 22.3 Å². The van der Waals surface area contributed by atoms with E-state index in [0.29, 0.717) is 6.42 Å². The van der Waals surface area contributed by atoms with Crippen molar-refractivity contribution in [2.24, 2.45) is 0 Å². The molecule has 0 radical (unpaired) electrons. The molecule has 1 atom stereocenters. The maximum absolute atomic E-state index is 12.4. The van der Waals surface area contributed by atoms with Crippen LogP contribution >= 0.6 is 0 Å². The molecule has 0 amide bonds. The molecule has 116 valence electrons. The van der Waals surface area contributed by atoms with Crippen LogP contribution in [0.5, 0.6) is 0 Å². The van der Waals surface area contributed by atoms with Gasteiger partial charge in [-0.2, -0.15) is 0 Å². The summed E-state index contributed by atoms with van der Waals surface area (Å²) >= 11 is 0. The standard InChI is InChI=1S/C18H26O2S/c1-4-6-8-16(18(19)9-7-5-2)14-21(20)17-12-10-15(3)11-13-17/h10-14H,4-9H2,1-3H3/b16-14-/t21-/m1/s1. The highest BCUT2D eigenvalue weighted by atomic mass is 32.2. The van der Waals surface area contributed by atoms with Crippen molar-refractivity contribution in [1.82, 2.24) is 0 Å². The lowest BCUT2D eigenvalue weighted by atomic mass is 10.0. The van der Waals surface area contributed by atoms with Crippen molar-refractivity contribution in [3.05, 3.63) is 40.8 Å². The number of Topliss-reactive ketones (excluding diaryl/α,β-unsaturated/α-hetero) is 1. The van der Waals surface area contributed by atoms with Crippen LogP contribution in [0.3, 0.4) is 0 Å². The van der Waals surface area contributed by atoms with Crippen LogP contribution in [0.4, 0.5) is 0 Å². The van der Waals surface area contributed by atoms with Crippen molar-refractivity contribution in [2.45, 2.75) is 64.2 Å². The predicted molar refractivity (Wildman–Crippen MR) is 89.7 cm³/mol. The Kier molecular flexibility index (Phi) is 8.21. The third-order valence-electron chi connectivity index (χ3n) is 3.42. The zero-order valence-corrected chi connectivity index (χ0v) is 14.2. The Morgan fingerprint density at radius 1 is 1.05 bits per heavy atom.